The predicted molar refractivity (Wildman–Crippen MR) is 48.4 cm³/mol. The minimum Gasteiger partial charge on any atom is -0.0679 e. The fourth-order valence-electron chi connectivity index (χ4n) is 3.14. The SMILES string of the molecule is CC1=C(C)[C@@]2(C)CCC1(C)C2. The summed E-state index contributed by atoms with van der Waals surface area (Å²) in [6.45, 7) is 9.54. The van der Waals surface area contributed by atoms with Crippen LogP contribution in [0.4, 0.5) is 0 Å². The second kappa shape index (κ2) is 1.73. The molecule has 0 heterocycles. The largest absolute Gasteiger partial charge is 0.0679 e. The number of hydrogen-bond donors (Lipinski definition) is 0. The van der Waals surface area contributed by atoms with Crippen molar-refractivity contribution in [3.05, 3.63) is 11.1 Å². The Kier molecular flexibility index (Phi) is 1.16. The smallest absolute Gasteiger partial charge is 0.0108 e. The zero-order chi connectivity index (χ0) is 8.28. The summed E-state index contributed by atoms with van der Waals surface area (Å²) < 4.78 is 0. The number of fused-ring (bicyclic) bond motifs is 2. The molecule has 0 aromatic heterocycles. The first-order chi connectivity index (χ1) is 4.98. The van der Waals surface area contributed by atoms with Gasteiger partial charge in [-0.3, -0.25) is 0 Å². The van der Waals surface area contributed by atoms with E-state index in [4.69, 9.17) is 0 Å². The Balaban J connectivity index is 2.52. The molecule has 2 rings (SSSR count). The summed E-state index contributed by atoms with van der Waals surface area (Å²) in [6, 6.07) is 0. The summed E-state index contributed by atoms with van der Waals surface area (Å²) in [4.78, 5) is 0. The van der Waals surface area contributed by atoms with Crippen molar-refractivity contribution >= 4 is 0 Å². The van der Waals surface area contributed by atoms with E-state index in [9.17, 15) is 0 Å². The molecule has 0 aliphatic heterocycles. The standard InChI is InChI=1S/C11H18/c1-8-9(2)11(4)6-5-10(8,3)7-11/h5-7H2,1-4H3/t10-,11?/m0/s1. The molecule has 1 fully saturated rings. The van der Waals surface area contributed by atoms with Gasteiger partial charge < -0.3 is 0 Å². The van der Waals surface area contributed by atoms with E-state index in [0.717, 1.165) is 0 Å². The molecule has 0 N–H and O–H groups in total. The van der Waals surface area contributed by atoms with Gasteiger partial charge in [0.25, 0.3) is 0 Å². The van der Waals surface area contributed by atoms with Crippen molar-refractivity contribution in [3.63, 3.8) is 0 Å². The lowest BCUT2D eigenvalue weighted by atomic mass is 9.80. The van der Waals surface area contributed by atoms with Gasteiger partial charge in [-0.1, -0.05) is 25.0 Å². The molecule has 2 aliphatic carbocycles. The maximum absolute atomic E-state index is 2.43. The van der Waals surface area contributed by atoms with Crippen molar-refractivity contribution in [3.8, 4) is 0 Å². The van der Waals surface area contributed by atoms with E-state index < -0.39 is 0 Å². The average Bonchev–Trinajstić information content (AvgIpc) is 2.32. The Bertz CT molecular complexity index is 212. The van der Waals surface area contributed by atoms with Gasteiger partial charge in [0.15, 0.2) is 0 Å². The van der Waals surface area contributed by atoms with Crippen LogP contribution in [0.3, 0.4) is 0 Å². The molecule has 0 aromatic rings. The molecular formula is C11H18. The second-order valence-corrected chi connectivity index (χ2v) is 5.05. The van der Waals surface area contributed by atoms with Crippen LogP contribution in [-0.4, -0.2) is 0 Å². The summed E-state index contributed by atoms with van der Waals surface area (Å²) in [5.41, 5.74) is 4.54. The molecular weight excluding hydrogens is 132 g/mol. The topological polar surface area (TPSA) is 0 Å². The number of rotatable bonds is 0. The van der Waals surface area contributed by atoms with Gasteiger partial charge in [0.05, 0.1) is 0 Å². The molecule has 0 amide bonds. The van der Waals surface area contributed by atoms with Crippen molar-refractivity contribution in [2.75, 3.05) is 0 Å². The lowest BCUT2D eigenvalue weighted by Gasteiger charge is -2.26. The lowest BCUT2D eigenvalue weighted by molar-refractivity contribution is 0.393. The van der Waals surface area contributed by atoms with Crippen LogP contribution in [0.15, 0.2) is 11.1 Å². The van der Waals surface area contributed by atoms with E-state index in [1.54, 1.807) is 11.1 Å². The fourth-order valence-corrected chi connectivity index (χ4v) is 3.14. The highest BCUT2D eigenvalue weighted by Crippen LogP contribution is 2.63. The van der Waals surface area contributed by atoms with Gasteiger partial charge in [-0.15, -0.1) is 0 Å². The molecule has 0 aromatic carbocycles. The molecule has 62 valence electrons. The van der Waals surface area contributed by atoms with Crippen molar-refractivity contribution in [2.45, 2.75) is 47.0 Å². The minimum atomic E-state index is 0.582. The van der Waals surface area contributed by atoms with E-state index in [1.807, 2.05) is 0 Å². The molecule has 0 heteroatoms. The third-order valence-corrected chi connectivity index (χ3v) is 4.38. The van der Waals surface area contributed by atoms with Gasteiger partial charge in [-0.25, -0.2) is 0 Å². The summed E-state index contributed by atoms with van der Waals surface area (Å²) in [5.74, 6) is 0. The van der Waals surface area contributed by atoms with Gasteiger partial charge in [0.1, 0.15) is 0 Å². The van der Waals surface area contributed by atoms with E-state index >= 15 is 0 Å². The molecule has 2 atom stereocenters. The summed E-state index contributed by atoms with van der Waals surface area (Å²) in [7, 11) is 0. The molecule has 0 saturated heterocycles. The molecule has 11 heavy (non-hydrogen) atoms. The van der Waals surface area contributed by atoms with Crippen LogP contribution < -0.4 is 0 Å². The number of allylic oxidation sites excluding steroid dienone is 2. The molecule has 0 spiro atoms. The molecule has 2 bridgehead atoms. The predicted octanol–water partition coefficient (Wildman–Crippen LogP) is 3.53. The summed E-state index contributed by atoms with van der Waals surface area (Å²) >= 11 is 0. The van der Waals surface area contributed by atoms with Crippen LogP contribution in [0.2, 0.25) is 0 Å². The summed E-state index contributed by atoms with van der Waals surface area (Å²) in [5, 5.41) is 0. The van der Waals surface area contributed by atoms with E-state index in [1.165, 1.54) is 19.3 Å². The Morgan fingerprint density at radius 3 is 1.45 bits per heavy atom. The third-order valence-electron chi connectivity index (χ3n) is 4.38. The molecule has 0 nitrogen and oxygen atoms in total. The second-order valence-electron chi connectivity index (χ2n) is 5.05. The van der Waals surface area contributed by atoms with Crippen LogP contribution >= 0.6 is 0 Å². The van der Waals surface area contributed by atoms with Crippen LogP contribution in [0, 0.1) is 10.8 Å². The maximum atomic E-state index is 2.43. The van der Waals surface area contributed by atoms with Gasteiger partial charge in [-0.05, 0) is 43.9 Å². The monoisotopic (exact) mass is 150 g/mol. The zero-order valence-corrected chi connectivity index (χ0v) is 8.12. The van der Waals surface area contributed by atoms with Gasteiger partial charge in [0.2, 0.25) is 0 Å². The Morgan fingerprint density at radius 1 is 0.909 bits per heavy atom. The molecule has 1 unspecified atom stereocenters. The first kappa shape index (κ1) is 7.39. The van der Waals surface area contributed by atoms with Crippen LogP contribution in [0.1, 0.15) is 47.0 Å². The molecule has 0 radical (unpaired) electrons. The van der Waals surface area contributed by atoms with Crippen LogP contribution in [-0.2, 0) is 0 Å². The first-order valence-corrected chi connectivity index (χ1v) is 4.66. The molecule has 1 saturated carbocycles. The zero-order valence-electron chi connectivity index (χ0n) is 8.12. The molecule has 2 aliphatic rings. The maximum Gasteiger partial charge on any atom is -0.0108 e. The highest BCUT2D eigenvalue weighted by atomic mass is 14.6. The highest BCUT2D eigenvalue weighted by molar-refractivity contribution is 5.34. The van der Waals surface area contributed by atoms with Crippen molar-refractivity contribution in [2.24, 2.45) is 10.8 Å². The van der Waals surface area contributed by atoms with Crippen molar-refractivity contribution in [1.82, 2.24) is 0 Å². The summed E-state index contributed by atoms with van der Waals surface area (Å²) in [6.07, 6.45) is 4.26. The Morgan fingerprint density at radius 2 is 1.27 bits per heavy atom. The third kappa shape index (κ3) is 0.706. The fraction of sp³-hybridized carbons (Fsp3) is 0.818. The van der Waals surface area contributed by atoms with Gasteiger partial charge in [-0.2, -0.15) is 0 Å². The normalized spacial score (nSPS) is 49.1. The van der Waals surface area contributed by atoms with Crippen LogP contribution in [0.25, 0.3) is 0 Å². The number of hydrogen-bond acceptors (Lipinski definition) is 0. The van der Waals surface area contributed by atoms with Gasteiger partial charge in [0, 0.05) is 0 Å². The van der Waals surface area contributed by atoms with E-state index in [-0.39, 0.29) is 0 Å². The average molecular weight is 150 g/mol. The first-order valence-electron chi connectivity index (χ1n) is 4.66. The van der Waals surface area contributed by atoms with E-state index in [0.29, 0.717) is 10.8 Å². The van der Waals surface area contributed by atoms with Crippen molar-refractivity contribution < 1.29 is 0 Å². The highest BCUT2D eigenvalue weighted by Gasteiger charge is 2.51. The Labute approximate surface area is 69.7 Å². The van der Waals surface area contributed by atoms with Crippen molar-refractivity contribution in [1.29, 1.82) is 0 Å². The quantitative estimate of drug-likeness (QED) is 0.463. The van der Waals surface area contributed by atoms with Gasteiger partial charge >= 0.3 is 0 Å². The van der Waals surface area contributed by atoms with E-state index in [2.05, 4.69) is 27.7 Å². The lowest BCUT2D eigenvalue weighted by Crippen LogP contribution is -2.12. The minimum absolute atomic E-state index is 0.582. The van der Waals surface area contributed by atoms with Crippen LogP contribution in [0.5, 0.6) is 0 Å². The Hall–Kier alpha value is -0.260.